The minimum absolute atomic E-state index is 0.0990. The first-order valence-corrected chi connectivity index (χ1v) is 8.65. The molecule has 1 atom stereocenters. The van der Waals surface area contributed by atoms with E-state index in [9.17, 15) is 10.1 Å². The molecule has 2 aliphatic rings. The van der Waals surface area contributed by atoms with E-state index in [0.717, 1.165) is 38.5 Å². The quantitative estimate of drug-likeness (QED) is 0.848. The summed E-state index contributed by atoms with van der Waals surface area (Å²) in [5, 5.41) is 12.4. The summed E-state index contributed by atoms with van der Waals surface area (Å²) in [7, 11) is 0. The van der Waals surface area contributed by atoms with Crippen molar-refractivity contribution in [3.05, 3.63) is 35.4 Å². The Bertz CT molecular complexity index is 692. The third-order valence-corrected chi connectivity index (χ3v) is 5.23. The Balaban J connectivity index is 1.70. The lowest BCUT2D eigenvalue weighted by Crippen LogP contribution is -2.49. The highest BCUT2D eigenvalue weighted by atomic mass is 16.2. The van der Waals surface area contributed by atoms with E-state index in [-0.39, 0.29) is 18.5 Å². The summed E-state index contributed by atoms with van der Waals surface area (Å²) in [6, 6.07) is 10.9. The maximum Gasteiger partial charge on any atom is 0.235 e. The van der Waals surface area contributed by atoms with Crippen molar-refractivity contribution >= 4 is 5.91 Å². The van der Waals surface area contributed by atoms with Crippen molar-refractivity contribution in [1.29, 1.82) is 5.26 Å². The minimum atomic E-state index is -0.674. The van der Waals surface area contributed by atoms with Gasteiger partial charge in [0.2, 0.25) is 5.91 Å². The van der Waals surface area contributed by atoms with E-state index in [0.29, 0.717) is 6.54 Å². The number of carbonyl (C=O) groups is 1. The van der Waals surface area contributed by atoms with Gasteiger partial charge in [0.1, 0.15) is 5.54 Å². The Labute approximate surface area is 143 Å². The van der Waals surface area contributed by atoms with Crippen molar-refractivity contribution in [2.75, 3.05) is 13.1 Å². The van der Waals surface area contributed by atoms with Crippen LogP contribution in [0.15, 0.2) is 24.3 Å². The first-order valence-electron chi connectivity index (χ1n) is 8.65. The second kappa shape index (κ2) is 7.07. The third-order valence-electron chi connectivity index (χ3n) is 5.23. The zero-order chi connectivity index (χ0) is 17.0. The highest BCUT2D eigenvalue weighted by Gasteiger charge is 2.36. The number of carbonyl (C=O) groups excluding carboxylic acids is 1. The van der Waals surface area contributed by atoms with Gasteiger partial charge in [0.05, 0.1) is 19.2 Å². The summed E-state index contributed by atoms with van der Waals surface area (Å²) in [4.78, 5) is 14.6. The zero-order valence-electron chi connectivity index (χ0n) is 13.9. The monoisotopic (exact) mass is 321 g/mol. The van der Waals surface area contributed by atoms with Gasteiger partial charge >= 0.3 is 0 Å². The molecule has 1 aromatic rings. The predicted octanol–water partition coefficient (Wildman–Crippen LogP) is 2.56. The number of hydrogen-bond donors (Lipinski definition) is 1. The van der Waals surface area contributed by atoms with E-state index in [1.54, 1.807) is 0 Å². The predicted molar refractivity (Wildman–Crippen MR) is 92.9 cm³/mol. The zero-order valence-corrected chi connectivity index (χ0v) is 13.9. The van der Waals surface area contributed by atoms with Crippen LogP contribution < -0.4 is 5.32 Å². The largest absolute Gasteiger partial charge is 0.337 e. The van der Waals surface area contributed by atoms with Gasteiger partial charge in [-0.3, -0.25) is 9.69 Å². The number of terminal acetylenes is 1. The molecule has 1 fully saturated rings. The van der Waals surface area contributed by atoms with Gasteiger partial charge in [0.25, 0.3) is 0 Å². The van der Waals surface area contributed by atoms with E-state index in [1.807, 2.05) is 6.07 Å². The standard InChI is InChI=1S/C20H23N3O/c1-2-13-23(18-10-9-16-7-3-4-8-17(16)18)14-19(24)22-20(15-21)11-5-6-12-20/h1,3-4,7-8,18H,5-6,9-14H2,(H,22,24)/t18-/m1/s1. The molecule has 1 aromatic carbocycles. The number of aryl methyl sites for hydroxylation is 1. The van der Waals surface area contributed by atoms with Crippen LogP contribution in [0.4, 0.5) is 0 Å². The van der Waals surface area contributed by atoms with Crippen molar-refractivity contribution in [3.8, 4) is 18.4 Å². The van der Waals surface area contributed by atoms with Crippen LogP contribution >= 0.6 is 0 Å². The normalized spacial score (nSPS) is 21.0. The van der Waals surface area contributed by atoms with Crippen LogP contribution in [-0.4, -0.2) is 29.4 Å². The molecule has 0 aliphatic heterocycles. The van der Waals surface area contributed by atoms with Crippen LogP contribution in [0, 0.1) is 23.7 Å². The summed E-state index contributed by atoms with van der Waals surface area (Å²) < 4.78 is 0. The third kappa shape index (κ3) is 3.30. The molecule has 1 amide bonds. The molecular formula is C20H23N3O. The number of hydrogen-bond acceptors (Lipinski definition) is 3. The maximum absolute atomic E-state index is 12.5. The Morgan fingerprint density at radius 3 is 2.83 bits per heavy atom. The summed E-state index contributed by atoms with van der Waals surface area (Å²) in [6.45, 7) is 0.679. The molecule has 3 rings (SSSR count). The number of nitriles is 1. The second-order valence-corrected chi connectivity index (χ2v) is 6.81. The molecule has 0 radical (unpaired) electrons. The van der Waals surface area contributed by atoms with Gasteiger partial charge in [-0.2, -0.15) is 5.26 Å². The van der Waals surface area contributed by atoms with E-state index in [2.05, 4.69) is 40.4 Å². The van der Waals surface area contributed by atoms with Crippen molar-refractivity contribution < 1.29 is 4.79 Å². The minimum Gasteiger partial charge on any atom is -0.337 e. The van der Waals surface area contributed by atoms with Crippen LogP contribution in [-0.2, 0) is 11.2 Å². The number of amides is 1. The molecule has 2 aliphatic carbocycles. The molecule has 0 aromatic heterocycles. The maximum atomic E-state index is 12.5. The molecule has 0 saturated heterocycles. The van der Waals surface area contributed by atoms with Crippen LogP contribution in [0.5, 0.6) is 0 Å². The smallest absolute Gasteiger partial charge is 0.235 e. The van der Waals surface area contributed by atoms with Crippen LogP contribution in [0.25, 0.3) is 0 Å². The van der Waals surface area contributed by atoms with Crippen LogP contribution in [0.1, 0.15) is 49.3 Å². The Morgan fingerprint density at radius 1 is 1.38 bits per heavy atom. The van der Waals surface area contributed by atoms with Gasteiger partial charge < -0.3 is 5.32 Å². The fourth-order valence-electron chi connectivity index (χ4n) is 4.04. The molecule has 124 valence electrons. The van der Waals surface area contributed by atoms with Gasteiger partial charge in [-0.25, -0.2) is 0 Å². The van der Waals surface area contributed by atoms with Gasteiger partial charge in [-0.1, -0.05) is 30.2 Å². The summed E-state index contributed by atoms with van der Waals surface area (Å²) >= 11 is 0. The number of nitrogens with zero attached hydrogens (tertiary/aromatic N) is 2. The fraction of sp³-hybridized carbons (Fsp3) is 0.500. The lowest BCUT2D eigenvalue weighted by Gasteiger charge is -2.29. The van der Waals surface area contributed by atoms with Crippen molar-refractivity contribution in [3.63, 3.8) is 0 Å². The topological polar surface area (TPSA) is 56.1 Å². The lowest BCUT2D eigenvalue weighted by atomic mass is 10.00. The van der Waals surface area contributed by atoms with E-state index in [1.165, 1.54) is 11.1 Å². The van der Waals surface area contributed by atoms with Gasteiger partial charge in [-0.15, -0.1) is 6.42 Å². The van der Waals surface area contributed by atoms with Gasteiger partial charge in [0.15, 0.2) is 0 Å². The van der Waals surface area contributed by atoms with Crippen LogP contribution in [0.2, 0.25) is 0 Å². The average Bonchev–Trinajstić information content (AvgIpc) is 3.22. The van der Waals surface area contributed by atoms with Gasteiger partial charge in [-0.05, 0) is 49.7 Å². The number of fused-ring (bicyclic) bond motifs is 1. The molecular weight excluding hydrogens is 298 g/mol. The number of rotatable bonds is 5. The highest BCUT2D eigenvalue weighted by molar-refractivity contribution is 5.79. The van der Waals surface area contributed by atoms with E-state index >= 15 is 0 Å². The number of nitrogens with one attached hydrogen (secondary N) is 1. The summed E-state index contributed by atoms with van der Waals surface area (Å²) in [6.07, 6.45) is 11.0. The molecule has 0 heterocycles. The average molecular weight is 321 g/mol. The molecule has 0 unspecified atom stereocenters. The first-order chi connectivity index (χ1) is 11.7. The number of benzene rings is 1. The molecule has 4 nitrogen and oxygen atoms in total. The second-order valence-electron chi connectivity index (χ2n) is 6.81. The van der Waals surface area contributed by atoms with Crippen molar-refractivity contribution in [2.24, 2.45) is 0 Å². The highest BCUT2D eigenvalue weighted by Crippen LogP contribution is 2.35. The molecule has 0 bridgehead atoms. The van der Waals surface area contributed by atoms with Gasteiger partial charge in [0, 0.05) is 6.04 Å². The van der Waals surface area contributed by atoms with E-state index in [4.69, 9.17) is 6.42 Å². The van der Waals surface area contributed by atoms with E-state index < -0.39 is 5.54 Å². The Morgan fingerprint density at radius 2 is 2.12 bits per heavy atom. The molecule has 1 N–H and O–H groups in total. The fourth-order valence-corrected chi connectivity index (χ4v) is 4.04. The molecule has 4 heteroatoms. The molecule has 24 heavy (non-hydrogen) atoms. The van der Waals surface area contributed by atoms with Crippen molar-refractivity contribution in [1.82, 2.24) is 10.2 Å². The van der Waals surface area contributed by atoms with Crippen LogP contribution in [0.3, 0.4) is 0 Å². The summed E-state index contributed by atoms with van der Waals surface area (Å²) in [5.74, 6) is 2.58. The molecule has 1 saturated carbocycles. The van der Waals surface area contributed by atoms with Crippen molar-refractivity contribution in [2.45, 2.75) is 50.1 Å². The lowest BCUT2D eigenvalue weighted by molar-refractivity contribution is -0.124. The Hall–Kier alpha value is -2.30. The molecule has 0 spiro atoms. The Kier molecular flexibility index (Phi) is 4.88. The summed E-state index contributed by atoms with van der Waals surface area (Å²) in [5.41, 5.74) is 1.94. The first kappa shape index (κ1) is 16.6. The SMILES string of the molecule is C#CCN(CC(=O)NC1(C#N)CCCC1)[C@@H]1CCc2ccccc21.